The van der Waals surface area contributed by atoms with Crippen molar-refractivity contribution in [3.05, 3.63) is 53.6 Å². The van der Waals surface area contributed by atoms with E-state index in [1.54, 1.807) is 25.1 Å². The third-order valence-corrected chi connectivity index (χ3v) is 5.42. The first kappa shape index (κ1) is 19.1. The lowest BCUT2D eigenvalue weighted by Gasteiger charge is -2.24. The molecule has 0 N–H and O–H groups in total. The van der Waals surface area contributed by atoms with Gasteiger partial charge in [0.25, 0.3) is 10.0 Å². The molecule has 2 aromatic rings. The van der Waals surface area contributed by atoms with Crippen molar-refractivity contribution in [2.24, 2.45) is 0 Å². The molecule has 0 aliphatic rings. The van der Waals surface area contributed by atoms with Crippen LogP contribution in [0.2, 0.25) is 5.02 Å². The number of esters is 1. The van der Waals surface area contributed by atoms with E-state index in [-0.39, 0.29) is 22.2 Å². The van der Waals surface area contributed by atoms with E-state index < -0.39 is 22.5 Å². The van der Waals surface area contributed by atoms with E-state index in [0.29, 0.717) is 5.75 Å². The van der Waals surface area contributed by atoms with Crippen molar-refractivity contribution >= 4 is 33.3 Å². The highest BCUT2D eigenvalue weighted by molar-refractivity contribution is 7.92. The number of rotatable bonds is 7. The van der Waals surface area contributed by atoms with Gasteiger partial charge in [-0.1, -0.05) is 29.8 Å². The molecule has 25 heavy (non-hydrogen) atoms. The van der Waals surface area contributed by atoms with Gasteiger partial charge in [0.05, 0.1) is 29.3 Å². The minimum absolute atomic E-state index is 0.0613. The summed E-state index contributed by atoms with van der Waals surface area (Å²) >= 11 is 6.10. The van der Waals surface area contributed by atoms with Crippen LogP contribution in [0.3, 0.4) is 0 Å². The molecule has 0 atom stereocenters. The monoisotopic (exact) mass is 383 g/mol. The average Bonchev–Trinajstić information content (AvgIpc) is 2.60. The molecule has 0 spiro atoms. The summed E-state index contributed by atoms with van der Waals surface area (Å²) in [5.41, 5.74) is 0.239. The first-order valence-corrected chi connectivity index (χ1v) is 9.29. The number of anilines is 1. The molecular formula is C17H18ClNO5S. The number of carbonyl (C=O) groups excluding carboxylic acids is 1. The van der Waals surface area contributed by atoms with Crippen molar-refractivity contribution in [3.63, 3.8) is 0 Å². The Hall–Kier alpha value is -2.25. The summed E-state index contributed by atoms with van der Waals surface area (Å²) in [5.74, 6) is -0.257. The molecule has 134 valence electrons. The SMILES string of the molecule is CCOC(=O)CN(c1ccc(OC)c(Cl)c1)S(=O)(=O)c1ccccc1. The van der Waals surface area contributed by atoms with E-state index in [1.807, 2.05) is 0 Å². The molecule has 2 rings (SSSR count). The molecule has 0 radical (unpaired) electrons. The first-order chi connectivity index (χ1) is 11.9. The molecule has 0 bridgehead atoms. The van der Waals surface area contributed by atoms with Crippen LogP contribution in [-0.4, -0.2) is 34.6 Å². The Bertz CT molecular complexity index is 839. The van der Waals surface area contributed by atoms with Gasteiger partial charge in [0.15, 0.2) is 0 Å². The van der Waals surface area contributed by atoms with Crippen molar-refractivity contribution in [2.45, 2.75) is 11.8 Å². The van der Waals surface area contributed by atoms with Gasteiger partial charge >= 0.3 is 5.97 Å². The molecule has 0 amide bonds. The van der Waals surface area contributed by atoms with Gasteiger partial charge in [-0.3, -0.25) is 9.10 Å². The summed E-state index contributed by atoms with van der Waals surface area (Å²) in [4.78, 5) is 12.0. The second-order valence-corrected chi connectivity index (χ2v) is 7.22. The Morgan fingerprint density at radius 3 is 2.40 bits per heavy atom. The predicted octanol–water partition coefficient (Wildman–Crippen LogP) is 3.11. The molecule has 0 saturated carbocycles. The van der Waals surface area contributed by atoms with Crippen LogP contribution in [-0.2, 0) is 19.6 Å². The van der Waals surface area contributed by atoms with Crippen LogP contribution in [0.4, 0.5) is 5.69 Å². The highest BCUT2D eigenvalue weighted by Crippen LogP contribution is 2.31. The smallest absolute Gasteiger partial charge is 0.326 e. The van der Waals surface area contributed by atoms with E-state index in [4.69, 9.17) is 21.1 Å². The van der Waals surface area contributed by atoms with Gasteiger partial charge in [-0.15, -0.1) is 0 Å². The van der Waals surface area contributed by atoms with Gasteiger partial charge in [0, 0.05) is 0 Å². The maximum Gasteiger partial charge on any atom is 0.326 e. The lowest BCUT2D eigenvalue weighted by atomic mass is 10.3. The maximum absolute atomic E-state index is 13.0. The molecule has 0 aromatic heterocycles. The third kappa shape index (κ3) is 4.43. The molecule has 0 saturated heterocycles. The Morgan fingerprint density at radius 2 is 1.84 bits per heavy atom. The predicted molar refractivity (Wildman–Crippen MR) is 95.6 cm³/mol. The zero-order chi connectivity index (χ0) is 18.4. The third-order valence-electron chi connectivity index (χ3n) is 3.33. The van der Waals surface area contributed by atoms with Gasteiger partial charge in [-0.2, -0.15) is 0 Å². The van der Waals surface area contributed by atoms with Crippen LogP contribution < -0.4 is 9.04 Å². The van der Waals surface area contributed by atoms with Gasteiger partial charge < -0.3 is 9.47 Å². The molecule has 0 aliphatic heterocycles. The molecular weight excluding hydrogens is 366 g/mol. The van der Waals surface area contributed by atoms with Crippen molar-refractivity contribution in [1.29, 1.82) is 0 Å². The van der Waals surface area contributed by atoms with Crippen molar-refractivity contribution in [1.82, 2.24) is 0 Å². The van der Waals surface area contributed by atoms with Crippen LogP contribution in [0.25, 0.3) is 0 Å². The van der Waals surface area contributed by atoms with Crippen LogP contribution in [0, 0.1) is 0 Å². The largest absolute Gasteiger partial charge is 0.495 e. The number of halogens is 1. The minimum Gasteiger partial charge on any atom is -0.495 e. The molecule has 6 nitrogen and oxygen atoms in total. The van der Waals surface area contributed by atoms with Gasteiger partial charge in [0.2, 0.25) is 0 Å². The van der Waals surface area contributed by atoms with Crippen molar-refractivity contribution in [2.75, 3.05) is 24.6 Å². The Kier molecular flexibility index (Phi) is 6.27. The van der Waals surface area contributed by atoms with Crippen LogP contribution in [0.1, 0.15) is 6.92 Å². The zero-order valence-electron chi connectivity index (χ0n) is 13.8. The van der Waals surface area contributed by atoms with Crippen LogP contribution in [0.15, 0.2) is 53.4 Å². The Labute approximate surface area is 152 Å². The lowest BCUT2D eigenvalue weighted by molar-refractivity contribution is -0.141. The van der Waals surface area contributed by atoms with Crippen molar-refractivity contribution < 1.29 is 22.7 Å². The van der Waals surface area contributed by atoms with Crippen LogP contribution in [0.5, 0.6) is 5.75 Å². The molecule has 0 heterocycles. The summed E-state index contributed by atoms with van der Waals surface area (Å²) in [6.07, 6.45) is 0. The summed E-state index contributed by atoms with van der Waals surface area (Å²) in [6.45, 7) is 1.34. The maximum atomic E-state index is 13.0. The highest BCUT2D eigenvalue weighted by atomic mass is 35.5. The Balaban J connectivity index is 2.50. The van der Waals surface area contributed by atoms with E-state index in [1.165, 1.54) is 37.4 Å². The standard InChI is InChI=1S/C17H18ClNO5S/c1-3-24-17(20)12-19(13-9-10-16(23-2)15(18)11-13)25(21,22)14-7-5-4-6-8-14/h4-11H,3,12H2,1-2H3. The van der Waals surface area contributed by atoms with Gasteiger partial charge in [0.1, 0.15) is 12.3 Å². The lowest BCUT2D eigenvalue weighted by Crippen LogP contribution is -2.36. The van der Waals surface area contributed by atoms with Crippen LogP contribution >= 0.6 is 11.6 Å². The van der Waals surface area contributed by atoms with Crippen molar-refractivity contribution in [3.8, 4) is 5.75 Å². The number of hydrogen-bond donors (Lipinski definition) is 0. The fourth-order valence-corrected chi connectivity index (χ4v) is 3.84. The van der Waals surface area contributed by atoms with E-state index in [0.717, 1.165) is 4.31 Å². The minimum atomic E-state index is -3.97. The number of benzene rings is 2. The fraction of sp³-hybridized carbons (Fsp3) is 0.235. The Morgan fingerprint density at radius 1 is 1.16 bits per heavy atom. The fourth-order valence-electron chi connectivity index (χ4n) is 2.17. The highest BCUT2D eigenvalue weighted by Gasteiger charge is 2.28. The number of sulfonamides is 1. The van der Waals surface area contributed by atoms with E-state index >= 15 is 0 Å². The quantitative estimate of drug-likeness (QED) is 0.687. The molecule has 0 unspecified atom stereocenters. The first-order valence-electron chi connectivity index (χ1n) is 7.47. The number of methoxy groups -OCH3 is 1. The molecule has 8 heteroatoms. The van der Waals surface area contributed by atoms with E-state index in [2.05, 4.69) is 0 Å². The average molecular weight is 384 g/mol. The zero-order valence-corrected chi connectivity index (χ0v) is 15.4. The van der Waals surface area contributed by atoms with E-state index in [9.17, 15) is 13.2 Å². The number of nitrogens with zero attached hydrogens (tertiary/aromatic N) is 1. The summed E-state index contributed by atoms with van der Waals surface area (Å²) < 4.78 is 36.9. The molecule has 2 aromatic carbocycles. The molecule has 0 fully saturated rings. The topological polar surface area (TPSA) is 72.9 Å². The summed E-state index contributed by atoms with van der Waals surface area (Å²) in [6, 6.07) is 12.3. The van der Waals surface area contributed by atoms with Gasteiger partial charge in [-0.25, -0.2) is 8.42 Å². The second-order valence-electron chi connectivity index (χ2n) is 4.95. The molecule has 0 aliphatic carbocycles. The second kappa shape index (κ2) is 8.22. The van der Waals surface area contributed by atoms with Gasteiger partial charge in [-0.05, 0) is 37.3 Å². The normalized spacial score (nSPS) is 11.0. The summed E-state index contributed by atoms with van der Waals surface area (Å²) in [7, 11) is -2.51. The number of carbonyl (C=O) groups is 1. The summed E-state index contributed by atoms with van der Waals surface area (Å²) in [5, 5.41) is 0.233. The number of ether oxygens (including phenoxy) is 2. The number of hydrogen-bond acceptors (Lipinski definition) is 5.